The summed E-state index contributed by atoms with van der Waals surface area (Å²) >= 11 is 0. The van der Waals surface area contributed by atoms with Gasteiger partial charge in [-0.05, 0) is 35.9 Å². The first-order valence-corrected chi connectivity index (χ1v) is 8.49. The van der Waals surface area contributed by atoms with Gasteiger partial charge in [0.1, 0.15) is 23.9 Å². The number of hydrogen-bond acceptors (Lipinski definition) is 5. The Labute approximate surface area is 158 Å². The minimum atomic E-state index is -0.263. The van der Waals surface area contributed by atoms with Gasteiger partial charge in [0.05, 0.1) is 12.7 Å². The molecule has 0 aliphatic heterocycles. The number of nitrogen functional groups attached to an aromatic ring is 1. The van der Waals surface area contributed by atoms with Crippen molar-refractivity contribution < 1.29 is 14.3 Å². The number of rotatable bonds is 7. The number of benzene rings is 2. The van der Waals surface area contributed by atoms with Gasteiger partial charge < -0.3 is 20.5 Å². The molecular formula is C21H21N3O3. The molecule has 0 unspecified atom stereocenters. The van der Waals surface area contributed by atoms with E-state index in [1.54, 1.807) is 25.4 Å². The van der Waals surface area contributed by atoms with Gasteiger partial charge in [0.25, 0.3) is 5.91 Å². The van der Waals surface area contributed by atoms with Crippen LogP contribution in [0.2, 0.25) is 0 Å². The number of methoxy groups -OCH3 is 1. The maximum absolute atomic E-state index is 12.2. The average molecular weight is 363 g/mol. The lowest BCUT2D eigenvalue weighted by molar-refractivity contribution is 0.0951. The lowest BCUT2D eigenvalue weighted by Crippen LogP contribution is -2.24. The molecule has 3 N–H and O–H groups in total. The van der Waals surface area contributed by atoms with E-state index in [9.17, 15) is 4.79 Å². The number of aromatic nitrogens is 1. The fraction of sp³-hybridized carbons (Fsp3) is 0.143. The molecule has 6 heteroatoms. The number of nitrogens with zero attached hydrogens (tertiary/aromatic N) is 1. The predicted molar refractivity (Wildman–Crippen MR) is 104 cm³/mol. The number of amides is 1. The van der Waals surface area contributed by atoms with Gasteiger partial charge >= 0.3 is 0 Å². The minimum absolute atomic E-state index is 0.212. The van der Waals surface area contributed by atoms with Gasteiger partial charge in [0.15, 0.2) is 0 Å². The Morgan fingerprint density at radius 1 is 1.11 bits per heavy atom. The van der Waals surface area contributed by atoms with E-state index in [0.717, 1.165) is 16.9 Å². The molecule has 2 aromatic carbocycles. The summed E-state index contributed by atoms with van der Waals surface area (Å²) in [6.07, 6.45) is 1.55. The first kappa shape index (κ1) is 18.3. The van der Waals surface area contributed by atoms with Crippen molar-refractivity contribution in [2.24, 2.45) is 0 Å². The van der Waals surface area contributed by atoms with Gasteiger partial charge in [-0.15, -0.1) is 0 Å². The largest absolute Gasteiger partial charge is 0.496 e. The summed E-state index contributed by atoms with van der Waals surface area (Å²) in [5.41, 5.74) is 7.98. The van der Waals surface area contributed by atoms with Crippen molar-refractivity contribution in [2.45, 2.75) is 13.2 Å². The molecule has 0 bridgehead atoms. The number of nitrogens with one attached hydrogen (secondary N) is 1. The summed E-state index contributed by atoms with van der Waals surface area (Å²) in [5.74, 6) is 1.45. The Balaban J connectivity index is 1.60. The summed E-state index contributed by atoms with van der Waals surface area (Å²) < 4.78 is 11.2. The number of carbonyl (C=O) groups is 1. The molecule has 27 heavy (non-hydrogen) atoms. The van der Waals surface area contributed by atoms with E-state index in [2.05, 4.69) is 10.3 Å². The van der Waals surface area contributed by atoms with Gasteiger partial charge in [-0.2, -0.15) is 0 Å². The Kier molecular flexibility index (Phi) is 5.89. The summed E-state index contributed by atoms with van der Waals surface area (Å²) in [5, 5.41) is 2.84. The molecule has 0 spiro atoms. The first-order valence-electron chi connectivity index (χ1n) is 8.49. The number of ether oxygens (including phenoxy) is 2. The van der Waals surface area contributed by atoms with E-state index in [4.69, 9.17) is 15.2 Å². The van der Waals surface area contributed by atoms with Crippen molar-refractivity contribution in [3.05, 3.63) is 83.6 Å². The molecule has 1 heterocycles. The average Bonchev–Trinajstić information content (AvgIpc) is 2.71. The van der Waals surface area contributed by atoms with Crippen LogP contribution in [0.5, 0.6) is 11.5 Å². The summed E-state index contributed by atoms with van der Waals surface area (Å²) in [6, 6.07) is 18.6. The van der Waals surface area contributed by atoms with E-state index in [1.165, 1.54) is 0 Å². The highest BCUT2D eigenvalue weighted by Gasteiger charge is 2.10. The van der Waals surface area contributed by atoms with Crippen LogP contribution in [0, 0.1) is 0 Å². The van der Waals surface area contributed by atoms with Crippen molar-refractivity contribution in [2.75, 3.05) is 12.8 Å². The summed E-state index contributed by atoms with van der Waals surface area (Å²) in [6.45, 7) is 0.755. The number of anilines is 1. The van der Waals surface area contributed by atoms with E-state index >= 15 is 0 Å². The van der Waals surface area contributed by atoms with Gasteiger partial charge in [-0.25, -0.2) is 4.98 Å². The van der Waals surface area contributed by atoms with Crippen molar-refractivity contribution in [3.63, 3.8) is 0 Å². The van der Waals surface area contributed by atoms with Crippen LogP contribution < -0.4 is 20.5 Å². The zero-order valence-electron chi connectivity index (χ0n) is 15.0. The van der Waals surface area contributed by atoms with Gasteiger partial charge in [-0.3, -0.25) is 4.79 Å². The van der Waals surface area contributed by atoms with Crippen LogP contribution in [-0.2, 0) is 13.2 Å². The molecule has 0 fully saturated rings. The Bertz CT molecular complexity index is 928. The molecule has 3 aromatic rings. The van der Waals surface area contributed by atoms with Crippen LogP contribution in [0.3, 0.4) is 0 Å². The fourth-order valence-corrected chi connectivity index (χ4v) is 2.62. The Morgan fingerprint density at radius 3 is 2.78 bits per heavy atom. The molecule has 3 rings (SSSR count). The van der Waals surface area contributed by atoms with Crippen LogP contribution in [-0.4, -0.2) is 18.0 Å². The molecule has 0 aliphatic rings. The second-order valence-corrected chi connectivity index (χ2v) is 5.87. The molecule has 1 amide bonds. The molecule has 0 saturated carbocycles. The number of hydrogen-bond donors (Lipinski definition) is 2. The molecule has 0 aliphatic carbocycles. The van der Waals surface area contributed by atoms with Crippen molar-refractivity contribution in [3.8, 4) is 11.5 Å². The van der Waals surface area contributed by atoms with Crippen LogP contribution in [0.1, 0.15) is 21.5 Å². The maximum Gasteiger partial charge on any atom is 0.255 e. The summed E-state index contributed by atoms with van der Waals surface area (Å²) in [4.78, 5) is 16.2. The molecule has 0 saturated heterocycles. The predicted octanol–water partition coefficient (Wildman–Crippen LogP) is 3.18. The molecule has 1 aromatic heterocycles. The van der Waals surface area contributed by atoms with Crippen molar-refractivity contribution in [1.82, 2.24) is 10.3 Å². The molecule has 0 radical (unpaired) electrons. The standard InChI is InChI=1S/C21H21N3O3/c1-26-19-10-3-2-7-16(19)14-27-17-8-4-6-15(12-17)13-24-21(25)18-9-5-11-23-20(18)22/h2-12H,13-14H2,1H3,(H2,22,23)(H,24,25). The monoisotopic (exact) mass is 363 g/mol. The highest BCUT2D eigenvalue weighted by atomic mass is 16.5. The quantitative estimate of drug-likeness (QED) is 0.673. The second-order valence-electron chi connectivity index (χ2n) is 5.87. The second kappa shape index (κ2) is 8.71. The van der Waals surface area contributed by atoms with Gasteiger partial charge in [-0.1, -0.05) is 30.3 Å². The Hall–Kier alpha value is -3.54. The topological polar surface area (TPSA) is 86.5 Å². The lowest BCUT2D eigenvalue weighted by Gasteiger charge is -2.11. The third kappa shape index (κ3) is 4.76. The van der Waals surface area contributed by atoms with Crippen LogP contribution in [0.4, 0.5) is 5.82 Å². The van der Waals surface area contributed by atoms with E-state index in [-0.39, 0.29) is 11.7 Å². The number of nitrogens with two attached hydrogens (primary N) is 1. The van der Waals surface area contributed by atoms with Gasteiger partial charge in [0, 0.05) is 18.3 Å². The van der Waals surface area contributed by atoms with Gasteiger partial charge in [0.2, 0.25) is 0 Å². The van der Waals surface area contributed by atoms with E-state index < -0.39 is 0 Å². The minimum Gasteiger partial charge on any atom is -0.496 e. The highest BCUT2D eigenvalue weighted by Crippen LogP contribution is 2.21. The zero-order chi connectivity index (χ0) is 19.1. The molecular weight excluding hydrogens is 342 g/mol. The molecule has 138 valence electrons. The number of carbonyl (C=O) groups excluding carboxylic acids is 1. The number of para-hydroxylation sites is 1. The van der Waals surface area contributed by atoms with Crippen molar-refractivity contribution in [1.29, 1.82) is 0 Å². The first-order chi connectivity index (χ1) is 13.2. The van der Waals surface area contributed by atoms with Crippen molar-refractivity contribution >= 4 is 11.7 Å². The third-order valence-electron chi connectivity index (χ3n) is 4.02. The maximum atomic E-state index is 12.2. The highest BCUT2D eigenvalue weighted by molar-refractivity contribution is 5.98. The SMILES string of the molecule is COc1ccccc1COc1cccc(CNC(=O)c2cccnc2N)c1. The van der Waals surface area contributed by atoms with Crippen LogP contribution in [0.25, 0.3) is 0 Å². The van der Waals surface area contributed by atoms with Crippen LogP contribution >= 0.6 is 0 Å². The van der Waals surface area contributed by atoms with Crippen LogP contribution in [0.15, 0.2) is 66.9 Å². The number of pyridine rings is 1. The smallest absolute Gasteiger partial charge is 0.255 e. The third-order valence-corrected chi connectivity index (χ3v) is 4.02. The fourth-order valence-electron chi connectivity index (χ4n) is 2.62. The lowest BCUT2D eigenvalue weighted by atomic mass is 10.2. The zero-order valence-corrected chi connectivity index (χ0v) is 15.0. The van der Waals surface area contributed by atoms with E-state index in [0.29, 0.717) is 24.5 Å². The Morgan fingerprint density at radius 2 is 1.96 bits per heavy atom. The molecule has 6 nitrogen and oxygen atoms in total. The molecule has 0 atom stereocenters. The van der Waals surface area contributed by atoms with E-state index in [1.807, 2.05) is 48.5 Å². The summed E-state index contributed by atoms with van der Waals surface area (Å²) in [7, 11) is 1.64. The normalized spacial score (nSPS) is 10.3.